The fourth-order valence-corrected chi connectivity index (χ4v) is 2.61. The molecule has 1 N–H and O–H groups in total. The Balaban J connectivity index is 1.56. The molecule has 17 heavy (non-hydrogen) atoms. The van der Waals surface area contributed by atoms with E-state index in [1.807, 2.05) is 6.07 Å². The van der Waals surface area contributed by atoms with Crippen molar-refractivity contribution in [1.29, 1.82) is 0 Å². The van der Waals surface area contributed by atoms with E-state index in [0.29, 0.717) is 12.1 Å². The Labute approximate surface area is 101 Å². The highest BCUT2D eigenvalue weighted by molar-refractivity contribution is 5.16. The third kappa shape index (κ3) is 2.67. The Morgan fingerprint density at radius 2 is 2.18 bits per heavy atom. The van der Waals surface area contributed by atoms with Crippen molar-refractivity contribution in [3.63, 3.8) is 0 Å². The molecule has 0 bridgehead atoms. The summed E-state index contributed by atoms with van der Waals surface area (Å²) >= 11 is 0. The van der Waals surface area contributed by atoms with Gasteiger partial charge in [-0.15, -0.1) is 0 Å². The molecule has 2 nitrogen and oxygen atoms in total. The second-order valence-electron chi connectivity index (χ2n) is 5.08. The second-order valence-corrected chi connectivity index (χ2v) is 5.08. The lowest BCUT2D eigenvalue weighted by molar-refractivity contribution is 0.0809. The number of rotatable bonds is 4. The number of ether oxygens (including phenoxy) is 1. The van der Waals surface area contributed by atoms with Crippen LogP contribution < -0.4 is 5.32 Å². The van der Waals surface area contributed by atoms with Gasteiger partial charge in [-0.3, -0.25) is 0 Å². The van der Waals surface area contributed by atoms with Crippen molar-refractivity contribution in [2.75, 3.05) is 6.61 Å². The monoisotopic (exact) mass is 235 g/mol. The first-order valence-corrected chi connectivity index (χ1v) is 6.42. The number of hydrogen-bond donors (Lipinski definition) is 1. The molecule has 92 valence electrons. The molecular weight excluding hydrogens is 217 g/mol. The van der Waals surface area contributed by atoms with Crippen LogP contribution in [0.1, 0.15) is 24.8 Å². The number of nitrogens with one attached hydrogen (secondary N) is 1. The fourth-order valence-electron chi connectivity index (χ4n) is 2.61. The normalized spacial score (nSPS) is 28.5. The van der Waals surface area contributed by atoms with Gasteiger partial charge in [0, 0.05) is 19.2 Å². The van der Waals surface area contributed by atoms with Gasteiger partial charge in [0.2, 0.25) is 0 Å². The molecule has 2 aliphatic rings. The van der Waals surface area contributed by atoms with Gasteiger partial charge in [-0.05, 0) is 42.9 Å². The van der Waals surface area contributed by atoms with Crippen molar-refractivity contribution in [3.05, 3.63) is 35.6 Å². The van der Waals surface area contributed by atoms with Crippen LogP contribution in [0.3, 0.4) is 0 Å². The highest BCUT2D eigenvalue weighted by Crippen LogP contribution is 2.38. The summed E-state index contributed by atoms with van der Waals surface area (Å²) in [4.78, 5) is 0. The molecule has 3 heteroatoms. The summed E-state index contributed by atoms with van der Waals surface area (Å²) in [5.74, 6) is 0.605. The SMILES string of the molecule is Fc1cccc(CNC2CCOC2C2CC2)c1. The molecule has 0 spiro atoms. The standard InChI is InChI=1S/C14H18FNO/c15-12-3-1-2-10(8-12)9-16-13-6-7-17-14(13)11-4-5-11/h1-3,8,11,13-14,16H,4-7,9H2. The Hall–Kier alpha value is -0.930. The van der Waals surface area contributed by atoms with Crippen molar-refractivity contribution < 1.29 is 9.13 Å². The van der Waals surface area contributed by atoms with Gasteiger partial charge in [-0.25, -0.2) is 4.39 Å². The van der Waals surface area contributed by atoms with Gasteiger partial charge in [-0.1, -0.05) is 12.1 Å². The van der Waals surface area contributed by atoms with Gasteiger partial charge in [0.15, 0.2) is 0 Å². The molecule has 0 aromatic heterocycles. The van der Waals surface area contributed by atoms with Crippen molar-refractivity contribution in [2.24, 2.45) is 5.92 Å². The average molecular weight is 235 g/mol. The van der Waals surface area contributed by atoms with Gasteiger partial charge in [0.1, 0.15) is 5.82 Å². The van der Waals surface area contributed by atoms with Crippen LogP contribution in [0, 0.1) is 11.7 Å². The molecule has 3 rings (SSSR count). The van der Waals surface area contributed by atoms with E-state index in [1.165, 1.54) is 18.9 Å². The molecule has 1 saturated carbocycles. The van der Waals surface area contributed by atoms with E-state index in [0.717, 1.165) is 31.1 Å². The molecule has 0 radical (unpaired) electrons. The minimum absolute atomic E-state index is 0.161. The van der Waals surface area contributed by atoms with Gasteiger partial charge in [0.25, 0.3) is 0 Å². The molecule has 2 fully saturated rings. The number of halogens is 1. The third-order valence-corrected chi connectivity index (χ3v) is 3.68. The van der Waals surface area contributed by atoms with Crippen molar-refractivity contribution in [2.45, 2.75) is 38.0 Å². The van der Waals surface area contributed by atoms with E-state index in [4.69, 9.17) is 4.74 Å². The highest BCUT2D eigenvalue weighted by atomic mass is 19.1. The maximum Gasteiger partial charge on any atom is 0.123 e. The fraction of sp³-hybridized carbons (Fsp3) is 0.571. The van der Waals surface area contributed by atoms with Gasteiger partial charge in [-0.2, -0.15) is 0 Å². The Morgan fingerprint density at radius 1 is 1.29 bits per heavy atom. The number of benzene rings is 1. The van der Waals surface area contributed by atoms with E-state index in [-0.39, 0.29) is 5.82 Å². The van der Waals surface area contributed by atoms with Crippen LogP contribution >= 0.6 is 0 Å². The van der Waals surface area contributed by atoms with Gasteiger partial charge in [0.05, 0.1) is 6.10 Å². The molecule has 2 atom stereocenters. The van der Waals surface area contributed by atoms with E-state index < -0.39 is 0 Å². The van der Waals surface area contributed by atoms with Gasteiger partial charge >= 0.3 is 0 Å². The molecule has 2 unspecified atom stereocenters. The zero-order valence-electron chi connectivity index (χ0n) is 9.86. The van der Waals surface area contributed by atoms with E-state index in [1.54, 1.807) is 12.1 Å². The lowest BCUT2D eigenvalue weighted by atomic mass is 10.1. The maximum atomic E-state index is 13.0. The molecule has 0 amide bonds. The molecule has 1 aromatic carbocycles. The Morgan fingerprint density at radius 3 is 2.94 bits per heavy atom. The van der Waals surface area contributed by atoms with E-state index in [9.17, 15) is 4.39 Å². The van der Waals surface area contributed by atoms with Crippen molar-refractivity contribution >= 4 is 0 Å². The predicted molar refractivity (Wildman–Crippen MR) is 64.1 cm³/mol. The summed E-state index contributed by atoms with van der Waals surface area (Å²) in [7, 11) is 0. The van der Waals surface area contributed by atoms with Crippen LogP contribution in [0.25, 0.3) is 0 Å². The molecule has 1 aliphatic carbocycles. The Kier molecular flexibility index (Phi) is 3.12. The largest absolute Gasteiger partial charge is 0.376 e. The van der Waals surface area contributed by atoms with Crippen LogP contribution in [0.5, 0.6) is 0 Å². The van der Waals surface area contributed by atoms with Crippen LogP contribution in [-0.4, -0.2) is 18.8 Å². The zero-order valence-corrected chi connectivity index (χ0v) is 9.86. The van der Waals surface area contributed by atoms with Crippen molar-refractivity contribution in [1.82, 2.24) is 5.32 Å². The maximum absolute atomic E-state index is 13.0. The molecule has 1 saturated heterocycles. The van der Waals surface area contributed by atoms with Gasteiger partial charge < -0.3 is 10.1 Å². The van der Waals surface area contributed by atoms with Crippen LogP contribution in [0.15, 0.2) is 24.3 Å². The predicted octanol–water partition coefficient (Wildman–Crippen LogP) is 2.48. The zero-order chi connectivity index (χ0) is 11.7. The lowest BCUT2D eigenvalue weighted by Crippen LogP contribution is -2.37. The first-order chi connectivity index (χ1) is 8.33. The second kappa shape index (κ2) is 4.75. The minimum Gasteiger partial charge on any atom is -0.376 e. The lowest BCUT2D eigenvalue weighted by Gasteiger charge is -2.19. The molecule has 1 heterocycles. The van der Waals surface area contributed by atoms with Crippen LogP contribution in [0.4, 0.5) is 4.39 Å². The quantitative estimate of drug-likeness (QED) is 0.865. The number of hydrogen-bond acceptors (Lipinski definition) is 2. The van der Waals surface area contributed by atoms with E-state index in [2.05, 4.69) is 5.32 Å². The summed E-state index contributed by atoms with van der Waals surface area (Å²) < 4.78 is 18.8. The molecule has 1 aliphatic heterocycles. The van der Waals surface area contributed by atoms with Crippen LogP contribution in [0.2, 0.25) is 0 Å². The summed E-state index contributed by atoms with van der Waals surface area (Å²) in [6.45, 7) is 1.59. The topological polar surface area (TPSA) is 21.3 Å². The highest BCUT2D eigenvalue weighted by Gasteiger charge is 2.40. The first kappa shape index (κ1) is 11.2. The minimum atomic E-state index is -0.161. The molecule has 1 aromatic rings. The summed E-state index contributed by atoms with van der Waals surface area (Å²) in [6.07, 6.45) is 4.09. The smallest absolute Gasteiger partial charge is 0.123 e. The van der Waals surface area contributed by atoms with Crippen LogP contribution in [-0.2, 0) is 11.3 Å². The van der Waals surface area contributed by atoms with Crippen molar-refractivity contribution in [3.8, 4) is 0 Å². The summed E-state index contributed by atoms with van der Waals surface area (Å²) in [5, 5.41) is 3.50. The first-order valence-electron chi connectivity index (χ1n) is 6.42. The third-order valence-electron chi connectivity index (χ3n) is 3.68. The average Bonchev–Trinajstić information content (AvgIpc) is 3.06. The van der Waals surface area contributed by atoms with E-state index >= 15 is 0 Å². The molecular formula is C14H18FNO. The summed E-state index contributed by atoms with van der Waals surface area (Å²) in [5.41, 5.74) is 1.01. The Bertz CT molecular complexity index is 392. The summed E-state index contributed by atoms with van der Waals surface area (Å²) in [6, 6.07) is 7.24.